The summed E-state index contributed by atoms with van der Waals surface area (Å²) in [4.78, 5) is 17.8. The number of alkyl carbamates (subject to hydrolysis) is 1. The zero-order valence-corrected chi connectivity index (χ0v) is 14.0. The summed E-state index contributed by atoms with van der Waals surface area (Å²) in [6, 6.07) is 0. The van der Waals surface area contributed by atoms with E-state index in [2.05, 4.69) is 14.6 Å². The number of hydroxylamine groups is 2. The van der Waals surface area contributed by atoms with Crippen LogP contribution < -0.4 is 11.1 Å². The fourth-order valence-corrected chi connectivity index (χ4v) is 2.76. The number of amides is 1. The molecule has 1 saturated heterocycles. The first-order valence-electron chi connectivity index (χ1n) is 7.51. The largest absolute Gasteiger partial charge is 0.450 e. The molecule has 0 aromatic carbocycles. The lowest BCUT2D eigenvalue weighted by molar-refractivity contribution is -0.0160. The molecule has 2 rings (SSSR count). The van der Waals surface area contributed by atoms with Crippen LogP contribution in [0.3, 0.4) is 0 Å². The minimum absolute atomic E-state index is 0.110. The van der Waals surface area contributed by atoms with Crippen LogP contribution in [-0.4, -0.2) is 60.8 Å². The third-order valence-electron chi connectivity index (χ3n) is 3.36. The number of nitrogens with zero attached hydrogens (tertiary/aromatic N) is 3. The van der Waals surface area contributed by atoms with Gasteiger partial charge in [0.15, 0.2) is 0 Å². The first kappa shape index (κ1) is 18.4. The van der Waals surface area contributed by atoms with Crippen LogP contribution in [-0.2, 0) is 19.4 Å². The molecule has 2 aliphatic rings. The van der Waals surface area contributed by atoms with Crippen molar-refractivity contribution in [2.45, 2.75) is 32.4 Å². The van der Waals surface area contributed by atoms with Gasteiger partial charge in [0.25, 0.3) is 0 Å². The number of rotatable bonds is 4. The van der Waals surface area contributed by atoms with Crippen molar-refractivity contribution < 1.29 is 26.8 Å². The standard InChI is InChI=1S/C12H21N5O6S/c1-2-22-12(18)15-11-14-10(16-6-4-3-5-7-16)8-9(13)17(11)23-24(19,20)21/h8-9H,2-7,13H2,1H3,(H,14,15,18)(H,19,20,21). The number of hydrogen-bond acceptors (Lipinski definition) is 9. The number of likely N-dealkylation sites (tertiary alicyclic amines) is 1. The molecule has 12 heteroatoms. The number of piperidine rings is 1. The Labute approximate surface area is 140 Å². The second-order valence-corrected chi connectivity index (χ2v) is 6.18. The minimum atomic E-state index is -4.85. The van der Waals surface area contributed by atoms with Gasteiger partial charge in [-0.3, -0.25) is 9.87 Å². The van der Waals surface area contributed by atoms with Crippen LogP contribution >= 0.6 is 0 Å². The summed E-state index contributed by atoms with van der Waals surface area (Å²) in [6.07, 6.45) is 2.64. The van der Waals surface area contributed by atoms with Gasteiger partial charge >= 0.3 is 16.5 Å². The summed E-state index contributed by atoms with van der Waals surface area (Å²) in [5.74, 6) is 0.200. The van der Waals surface area contributed by atoms with Gasteiger partial charge in [-0.15, -0.1) is 4.28 Å². The van der Waals surface area contributed by atoms with Gasteiger partial charge in [0.2, 0.25) is 5.96 Å². The van der Waals surface area contributed by atoms with Crippen LogP contribution in [0.15, 0.2) is 16.9 Å². The molecule has 0 aromatic rings. The molecular formula is C12H21N5O6S. The zero-order valence-electron chi connectivity index (χ0n) is 13.2. The third kappa shape index (κ3) is 5.06. The van der Waals surface area contributed by atoms with E-state index in [9.17, 15) is 13.2 Å². The molecule has 0 aliphatic carbocycles. The highest BCUT2D eigenvalue weighted by Crippen LogP contribution is 2.20. The van der Waals surface area contributed by atoms with E-state index in [4.69, 9.17) is 15.0 Å². The number of ether oxygens (including phenoxy) is 1. The fraction of sp³-hybridized carbons (Fsp3) is 0.667. The maximum absolute atomic E-state index is 11.6. The molecule has 1 atom stereocenters. The number of guanidine groups is 1. The molecular weight excluding hydrogens is 342 g/mol. The van der Waals surface area contributed by atoms with Gasteiger partial charge in [-0.2, -0.15) is 18.5 Å². The first-order valence-corrected chi connectivity index (χ1v) is 8.87. The zero-order chi connectivity index (χ0) is 17.7. The van der Waals surface area contributed by atoms with Crippen molar-refractivity contribution in [1.82, 2.24) is 15.3 Å². The van der Waals surface area contributed by atoms with E-state index in [0.717, 1.165) is 32.4 Å². The molecule has 0 bridgehead atoms. The molecule has 24 heavy (non-hydrogen) atoms. The van der Waals surface area contributed by atoms with Crippen LogP contribution in [0.2, 0.25) is 0 Å². The van der Waals surface area contributed by atoms with Crippen LogP contribution in [0, 0.1) is 0 Å². The molecule has 1 fully saturated rings. The normalized spacial score (nSPS) is 21.9. The lowest BCUT2D eigenvalue weighted by Gasteiger charge is -2.35. The predicted octanol–water partition coefficient (Wildman–Crippen LogP) is -0.249. The van der Waals surface area contributed by atoms with E-state index in [1.165, 1.54) is 6.08 Å². The van der Waals surface area contributed by atoms with E-state index < -0.39 is 22.7 Å². The average Bonchev–Trinajstić information content (AvgIpc) is 2.50. The molecule has 11 nitrogen and oxygen atoms in total. The number of carbonyl (C=O) groups is 1. The van der Waals surface area contributed by atoms with E-state index in [1.807, 2.05) is 4.90 Å². The summed E-state index contributed by atoms with van der Waals surface area (Å²) in [5.41, 5.74) is 5.87. The van der Waals surface area contributed by atoms with Gasteiger partial charge < -0.3 is 15.4 Å². The Morgan fingerprint density at radius 3 is 2.71 bits per heavy atom. The van der Waals surface area contributed by atoms with Crippen LogP contribution in [0.25, 0.3) is 0 Å². The molecule has 2 heterocycles. The lowest BCUT2D eigenvalue weighted by Crippen LogP contribution is -2.55. The number of carbonyl (C=O) groups excluding carboxylic acids is 1. The molecule has 0 spiro atoms. The van der Waals surface area contributed by atoms with Crippen molar-refractivity contribution in [3.8, 4) is 0 Å². The van der Waals surface area contributed by atoms with E-state index >= 15 is 0 Å². The van der Waals surface area contributed by atoms with Crippen LogP contribution in [0.4, 0.5) is 4.79 Å². The van der Waals surface area contributed by atoms with Crippen molar-refractivity contribution in [3.63, 3.8) is 0 Å². The van der Waals surface area contributed by atoms with Gasteiger partial charge in [-0.1, -0.05) is 0 Å². The summed E-state index contributed by atoms with van der Waals surface area (Å²) in [6.45, 7) is 3.26. The number of nitrogens with one attached hydrogen (secondary N) is 1. The first-order chi connectivity index (χ1) is 11.3. The Balaban J connectivity index is 2.24. The molecule has 0 aromatic heterocycles. The van der Waals surface area contributed by atoms with Gasteiger partial charge in [0.05, 0.1) is 6.61 Å². The monoisotopic (exact) mass is 363 g/mol. The van der Waals surface area contributed by atoms with Crippen LogP contribution in [0.5, 0.6) is 0 Å². The molecule has 0 saturated carbocycles. The van der Waals surface area contributed by atoms with Crippen molar-refractivity contribution in [3.05, 3.63) is 11.9 Å². The molecule has 1 unspecified atom stereocenters. The number of aliphatic imine (C=N–C) groups is 1. The second kappa shape index (κ2) is 7.79. The van der Waals surface area contributed by atoms with E-state index in [1.54, 1.807) is 6.92 Å². The number of nitrogens with two attached hydrogens (primary N) is 1. The highest BCUT2D eigenvalue weighted by atomic mass is 32.3. The Kier molecular flexibility index (Phi) is 5.99. The number of hydrogen-bond donors (Lipinski definition) is 3. The highest BCUT2D eigenvalue weighted by Gasteiger charge is 2.31. The second-order valence-electron chi connectivity index (χ2n) is 5.17. The minimum Gasteiger partial charge on any atom is -0.450 e. The van der Waals surface area contributed by atoms with Gasteiger partial charge in [-0.25, -0.2) is 4.79 Å². The molecule has 4 N–H and O–H groups in total. The van der Waals surface area contributed by atoms with E-state index in [0.29, 0.717) is 10.9 Å². The topological polar surface area (TPSA) is 147 Å². The SMILES string of the molecule is CCOC(=O)NC1=NC(N2CCCCC2)=CC(N)N1OS(=O)(=O)O. The fourth-order valence-electron chi connectivity index (χ4n) is 2.38. The molecule has 0 radical (unpaired) electrons. The van der Waals surface area contributed by atoms with Crippen molar-refractivity contribution in [2.24, 2.45) is 10.7 Å². The highest BCUT2D eigenvalue weighted by molar-refractivity contribution is 7.80. The Morgan fingerprint density at radius 1 is 1.46 bits per heavy atom. The average molecular weight is 363 g/mol. The van der Waals surface area contributed by atoms with Crippen molar-refractivity contribution in [2.75, 3.05) is 19.7 Å². The van der Waals surface area contributed by atoms with Gasteiger partial charge in [-0.05, 0) is 32.3 Å². The summed E-state index contributed by atoms with van der Waals surface area (Å²) < 4.78 is 40.0. The molecule has 1 amide bonds. The summed E-state index contributed by atoms with van der Waals surface area (Å²) in [7, 11) is -4.85. The molecule has 136 valence electrons. The van der Waals surface area contributed by atoms with Crippen LogP contribution in [0.1, 0.15) is 26.2 Å². The van der Waals surface area contributed by atoms with Crippen molar-refractivity contribution in [1.29, 1.82) is 0 Å². The van der Waals surface area contributed by atoms with Crippen molar-refractivity contribution >= 4 is 22.5 Å². The molecule has 2 aliphatic heterocycles. The summed E-state index contributed by atoms with van der Waals surface area (Å²) >= 11 is 0. The van der Waals surface area contributed by atoms with Gasteiger partial charge in [0, 0.05) is 13.1 Å². The smallest absolute Gasteiger partial charge is 0.418 e. The summed E-state index contributed by atoms with van der Waals surface area (Å²) in [5, 5.41) is 2.84. The Bertz CT molecular complexity index is 628. The Morgan fingerprint density at radius 2 is 2.12 bits per heavy atom. The Hall–Kier alpha value is -1.89. The maximum atomic E-state index is 11.6. The quantitative estimate of drug-likeness (QED) is 0.575. The maximum Gasteiger partial charge on any atom is 0.418 e. The van der Waals surface area contributed by atoms with E-state index in [-0.39, 0.29) is 12.6 Å². The third-order valence-corrected chi connectivity index (χ3v) is 3.71. The predicted molar refractivity (Wildman–Crippen MR) is 83.5 cm³/mol. The van der Waals surface area contributed by atoms with Gasteiger partial charge in [0.1, 0.15) is 12.0 Å². The lowest BCUT2D eigenvalue weighted by atomic mass is 10.1.